The summed E-state index contributed by atoms with van der Waals surface area (Å²) in [5.41, 5.74) is 3.59. The third-order valence-corrected chi connectivity index (χ3v) is 4.13. The Morgan fingerprint density at radius 3 is 1.85 bits per heavy atom. The molecule has 20 heavy (non-hydrogen) atoms. The lowest BCUT2D eigenvalue weighted by atomic mass is 9.83. The van der Waals surface area contributed by atoms with Crippen molar-refractivity contribution in [3.8, 4) is 16.9 Å². The quantitative estimate of drug-likeness (QED) is 0.880. The predicted octanol–water partition coefficient (Wildman–Crippen LogP) is 4.29. The Kier molecular flexibility index (Phi) is 3.55. The Morgan fingerprint density at radius 2 is 1.30 bits per heavy atom. The van der Waals surface area contributed by atoms with Gasteiger partial charge < -0.3 is 5.11 Å². The lowest BCUT2D eigenvalue weighted by Crippen LogP contribution is -2.12. The molecule has 0 saturated heterocycles. The minimum Gasteiger partial charge on any atom is -0.508 e. The fraction of sp³-hybridized carbons (Fsp3) is 0.278. The number of aromatic hydroxyl groups is 1. The van der Waals surface area contributed by atoms with E-state index in [0.29, 0.717) is 11.7 Å². The van der Waals surface area contributed by atoms with Gasteiger partial charge in [0.2, 0.25) is 0 Å². The fourth-order valence-corrected chi connectivity index (χ4v) is 2.87. The van der Waals surface area contributed by atoms with E-state index in [-0.39, 0.29) is 5.75 Å². The van der Waals surface area contributed by atoms with Gasteiger partial charge in [-0.25, -0.2) is 0 Å². The van der Waals surface area contributed by atoms with Crippen LogP contribution < -0.4 is 0 Å². The highest BCUT2D eigenvalue weighted by Crippen LogP contribution is 2.32. The van der Waals surface area contributed by atoms with Gasteiger partial charge in [0.25, 0.3) is 0 Å². The van der Waals surface area contributed by atoms with Crippen molar-refractivity contribution in [1.29, 1.82) is 0 Å². The van der Waals surface area contributed by atoms with E-state index in [2.05, 4.69) is 24.3 Å². The van der Waals surface area contributed by atoms with Gasteiger partial charge in [0.05, 0.1) is 0 Å². The number of carbonyl (C=O) groups is 1. The highest BCUT2D eigenvalue weighted by atomic mass is 16.3. The molecule has 0 bridgehead atoms. The number of ketones is 1. The van der Waals surface area contributed by atoms with Crippen LogP contribution in [0.2, 0.25) is 0 Å². The summed E-state index contributed by atoms with van der Waals surface area (Å²) in [6.45, 7) is 0. The molecule has 2 aromatic rings. The van der Waals surface area contributed by atoms with Gasteiger partial charge in [0.1, 0.15) is 11.5 Å². The second-order valence-corrected chi connectivity index (χ2v) is 5.48. The normalized spacial score (nSPS) is 16.3. The van der Waals surface area contributed by atoms with Crippen LogP contribution in [0, 0.1) is 0 Å². The van der Waals surface area contributed by atoms with Crippen molar-refractivity contribution in [2.24, 2.45) is 0 Å². The molecule has 1 saturated carbocycles. The molecule has 0 radical (unpaired) electrons. The van der Waals surface area contributed by atoms with Crippen molar-refractivity contribution in [1.82, 2.24) is 0 Å². The standard InChI is InChI=1S/C18H18O2/c19-17-9-5-15(6-10-17)13-1-2-14(4-3-13)16-7-11-18(20)12-8-16/h1-6,9-10,16,19H,7-8,11-12H2. The topological polar surface area (TPSA) is 37.3 Å². The number of hydrogen-bond acceptors (Lipinski definition) is 2. The summed E-state index contributed by atoms with van der Waals surface area (Å²) in [6.07, 6.45) is 3.42. The van der Waals surface area contributed by atoms with E-state index in [9.17, 15) is 9.90 Å². The molecule has 2 heteroatoms. The van der Waals surface area contributed by atoms with Gasteiger partial charge in [-0.2, -0.15) is 0 Å². The summed E-state index contributed by atoms with van der Waals surface area (Å²) in [5.74, 6) is 1.22. The zero-order valence-electron chi connectivity index (χ0n) is 11.4. The summed E-state index contributed by atoms with van der Waals surface area (Å²) < 4.78 is 0. The van der Waals surface area contributed by atoms with Gasteiger partial charge in [-0.1, -0.05) is 36.4 Å². The van der Waals surface area contributed by atoms with Crippen LogP contribution in [0.3, 0.4) is 0 Å². The summed E-state index contributed by atoms with van der Waals surface area (Å²) >= 11 is 0. The van der Waals surface area contributed by atoms with E-state index >= 15 is 0 Å². The van der Waals surface area contributed by atoms with Crippen LogP contribution in [0.4, 0.5) is 0 Å². The number of Topliss-reactive ketones (excluding diaryl/α,β-unsaturated/α-hetero) is 1. The average Bonchev–Trinajstić information content (AvgIpc) is 2.49. The van der Waals surface area contributed by atoms with Gasteiger partial charge >= 0.3 is 0 Å². The minimum absolute atomic E-state index is 0.289. The number of hydrogen-bond donors (Lipinski definition) is 1. The van der Waals surface area contributed by atoms with E-state index in [0.717, 1.165) is 36.8 Å². The van der Waals surface area contributed by atoms with Crippen molar-refractivity contribution in [3.05, 3.63) is 54.1 Å². The van der Waals surface area contributed by atoms with E-state index in [1.165, 1.54) is 5.56 Å². The molecule has 0 heterocycles. The molecule has 1 aliphatic carbocycles. The highest BCUT2D eigenvalue weighted by molar-refractivity contribution is 5.79. The Balaban J connectivity index is 1.77. The van der Waals surface area contributed by atoms with Gasteiger partial charge in [0.15, 0.2) is 0 Å². The Morgan fingerprint density at radius 1 is 0.800 bits per heavy atom. The molecule has 0 spiro atoms. The van der Waals surface area contributed by atoms with Crippen molar-refractivity contribution in [2.75, 3.05) is 0 Å². The molecule has 2 aromatic carbocycles. The first-order valence-corrected chi connectivity index (χ1v) is 7.13. The number of carbonyl (C=O) groups excluding carboxylic acids is 1. The lowest BCUT2D eigenvalue weighted by Gasteiger charge is -2.21. The van der Waals surface area contributed by atoms with Gasteiger partial charge in [0, 0.05) is 12.8 Å². The van der Waals surface area contributed by atoms with Crippen LogP contribution in [-0.2, 0) is 4.79 Å². The van der Waals surface area contributed by atoms with Crippen molar-refractivity contribution in [2.45, 2.75) is 31.6 Å². The minimum atomic E-state index is 0.289. The second-order valence-electron chi connectivity index (χ2n) is 5.48. The predicted molar refractivity (Wildman–Crippen MR) is 79.8 cm³/mol. The maximum absolute atomic E-state index is 11.3. The fourth-order valence-electron chi connectivity index (χ4n) is 2.87. The molecule has 1 aliphatic rings. The summed E-state index contributed by atoms with van der Waals surface area (Å²) in [7, 11) is 0. The summed E-state index contributed by atoms with van der Waals surface area (Å²) in [6, 6.07) is 15.8. The first-order valence-electron chi connectivity index (χ1n) is 7.13. The number of phenols is 1. The molecule has 0 amide bonds. The molecule has 0 aromatic heterocycles. The van der Waals surface area contributed by atoms with E-state index in [1.54, 1.807) is 12.1 Å². The molecule has 1 N–H and O–H groups in total. The van der Waals surface area contributed by atoms with Gasteiger partial charge in [-0.05, 0) is 47.6 Å². The smallest absolute Gasteiger partial charge is 0.132 e. The Hall–Kier alpha value is -2.09. The lowest BCUT2D eigenvalue weighted by molar-refractivity contribution is -0.120. The van der Waals surface area contributed by atoms with Gasteiger partial charge in [-0.15, -0.1) is 0 Å². The van der Waals surface area contributed by atoms with Crippen LogP contribution in [0.1, 0.15) is 37.2 Å². The molecular weight excluding hydrogens is 248 g/mol. The number of phenolic OH excluding ortho intramolecular Hbond substituents is 1. The summed E-state index contributed by atoms with van der Waals surface area (Å²) in [5, 5.41) is 9.31. The molecule has 1 fully saturated rings. The number of benzene rings is 2. The first kappa shape index (κ1) is 12.9. The zero-order valence-corrected chi connectivity index (χ0v) is 11.4. The molecule has 0 unspecified atom stereocenters. The molecule has 0 aliphatic heterocycles. The summed E-state index contributed by atoms with van der Waals surface area (Å²) in [4.78, 5) is 11.3. The van der Waals surface area contributed by atoms with E-state index in [1.807, 2.05) is 12.1 Å². The Labute approximate surface area is 119 Å². The third-order valence-electron chi connectivity index (χ3n) is 4.13. The van der Waals surface area contributed by atoms with Crippen LogP contribution >= 0.6 is 0 Å². The van der Waals surface area contributed by atoms with Crippen molar-refractivity contribution >= 4 is 5.78 Å². The maximum atomic E-state index is 11.3. The molecule has 102 valence electrons. The number of rotatable bonds is 2. The maximum Gasteiger partial charge on any atom is 0.132 e. The van der Waals surface area contributed by atoms with E-state index in [4.69, 9.17) is 0 Å². The highest BCUT2D eigenvalue weighted by Gasteiger charge is 2.19. The van der Waals surface area contributed by atoms with Crippen LogP contribution in [0.5, 0.6) is 5.75 Å². The van der Waals surface area contributed by atoms with Crippen LogP contribution in [0.15, 0.2) is 48.5 Å². The molecule has 3 rings (SSSR count). The second kappa shape index (κ2) is 5.49. The SMILES string of the molecule is O=C1CCC(c2ccc(-c3ccc(O)cc3)cc2)CC1. The molecular formula is C18H18O2. The first-order chi connectivity index (χ1) is 9.72. The Bertz CT molecular complexity index is 586. The van der Waals surface area contributed by atoms with Crippen LogP contribution in [0.25, 0.3) is 11.1 Å². The zero-order chi connectivity index (χ0) is 13.9. The van der Waals surface area contributed by atoms with E-state index < -0.39 is 0 Å². The monoisotopic (exact) mass is 266 g/mol. The van der Waals surface area contributed by atoms with Crippen molar-refractivity contribution in [3.63, 3.8) is 0 Å². The average molecular weight is 266 g/mol. The third kappa shape index (κ3) is 2.74. The van der Waals surface area contributed by atoms with Gasteiger partial charge in [-0.3, -0.25) is 4.79 Å². The van der Waals surface area contributed by atoms with Crippen molar-refractivity contribution < 1.29 is 9.90 Å². The van der Waals surface area contributed by atoms with Crippen LogP contribution in [-0.4, -0.2) is 10.9 Å². The molecule has 2 nitrogen and oxygen atoms in total. The largest absolute Gasteiger partial charge is 0.508 e. The molecule has 0 atom stereocenters.